The molecule has 7 heteroatoms. The molecule has 6 rings (SSSR count). The number of aromatic amines is 1. The number of ether oxygens (including phenoxy) is 1. The van der Waals surface area contributed by atoms with Crippen molar-refractivity contribution in [3.63, 3.8) is 0 Å². The third kappa shape index (κ3) is 3.94. The van der Waals surface area contributed by atoms with Gasteiger partial charge in [0.1, 0.15) is 11.8 Å². The fraction of sp³-hybridized carbons (Fsp3) is 0.310. The van der Waals surface area contributed by atoms with Crippen LogP contribution in [-0.2, 0) is 17.8 Å². The number of nitrogens with one attached hydrogen (secondary N) is 1. The Bertz CT molecular complexity index is 1400. The minimum absolute atomic E-state index is 0.0171. The van der Waals surface area contributed by atoms with E-state index in [0.717, 1.165) is 35.2 Å². The van der Waals surface area contributed by atoms with Crippen molar-refractivity contribution in [2.24, 2.45) is 0 Å². The zero-order chi connectivity index (χ0) is 24.6. The molecule has 1 atom stereocenters. The van der Waals surface area contributed by atoms with Gasteiger partial charge in [-0.15, -0.1) is 0 Å². The van der Waals surface area contributed by atoms with Gasteiger partial charge in [-0.25, -0.2) is 0 Å². The fourth-order valence-corrected chi connectivity index (χ4v) is 5.71. The molecule has 0 saturated carbocycles. The number of amides is 2. The number of likely N-dealkylation sites (tertiary alicyclic amines) is 1. The summed E-state index contributed by atoms with van der Waals surface area (Å²) in [6, 6.07) is 17.0. The van der Waals surface area contributed by atoms with Crippen LogP contribution in [0.4, 0.5) is 0 Å². The van der Waals surface area contributed by atoms with Gasteiger partial charge in [-0.05, 0) is 65.8 Å². The lowest BCUT2D eigenvalue weighted by molar-refractivity contribution is -0.137. The number of hydrogen-bond donors (Lipinski definition) is 1. The Morgan fingerprint density at radius 1 is 1.03 bits per heavy atom. The smallest absolute Gasteiger partial charge is 0.290 e. The molecule has 2 aromatic heterocycles. The summed E-state index contributed by atoms with van der Waals surface area (Å²) in [5.74, 6) is 1.25. The number of aromatic nitrogens is 1. The zero-order valence-corrected chi connectivity index (χ0v) is 20.3. The molecular weight excluding hydrogens is 454 g/mol. The van der Waals surface area contributed by atoms with Crippen LogP contribution in [0.15, 0.2) is 71.5 Å². The molecule has 2 aliphatic heterocycles. The topological polar surface area (TPSA) is 78.8 Å². The van der Waals surface area contributed by atoms with Crippen molar-refractivity contribution in [2.45, 2.75) is 37.8 Å². The predicted molar refractivity (Wildman–Crippen MR) is 136 cm³/mol. The van der Waals surface area contributed by atoms with Crippen LogP contribution in [0.5, 0.6) is 5.75 Å². The summed E-state index contributed by atoms with van der Waals surface area (Å²) in [5, 5.41) is 1.18. The number of benzene rings is 2. The molecule has 7 nitrogen and oxygen atoms in total. The van der Waals surface area contributed by atoms with Crippen LogP contribution >= 0.6 is 0 Å². The van der Waals surface area contributed by atoms with E-state index in [4.69, 9.17) is 9.15 Å². The van der Waals surface area contributed by atoms with Gasteiger partial charge in [0.2, 0.25) is 5.91 Å². The fourth-order valence-electron chi connectivity index (χ4n) is 5.71. The highest BCUT2D eigenvalue weighted by molar-refractivity contribution is 5.96. The van der Waals surface area contributed by atoms with Crippen molar-refractivity contribution in [2.75, 3.05) is 20.2 Å². The Morgan fingerprint density at radius 2 is 1.83 bits per heavy atom. The van der Waals surface area contributed by atoms with E-state index in [1.54, 1.807) is 24.1 Å². The SMILES string of the molecule is COc1ccc2[nH]cc(C3CCN(C(=O)C4Cc5ccccc5CN4C(=O)c4ccco4)CC3)c2c1. The van der Waals surface area contributed by atoms with Gasteiger partial charge in [-0.2, -0.15) is 0 Å². The van der Waals surface area contributed by atoms with Crippen molar-refractivity contribution in [1.82, 2.24) is 14.8 Å². The molecule has 1 N–H and O–H groups in total. The Balaban J connectivity index is 1.21. The standard InChI is InChI=1S/C29H29N3O4/c1-35-22-8-9-25-23(16-22)24(17-30-25)19-10-12-31(13-11-19)28(33)26-15-20-5-2-3-6-21(20)18-32(26)29(34)27-7-4-14-36-27/h2-9,14,16-17,19,26,30H,10-13,15,18H2,1H3. The third-order valence-electron chi connectivity index (χ3n) is 7.69. The highest BCUT2D eigenvalue weighted by Crippen LogP contribution is 2.35. The van der Waals surface area contributed by atoms with Crippen molar-refractivity contribution >= 4 is 22.7 Å². The summed E-state index contributed by atoms with van der Waals surface area (Å²) < 4.78 is 10.8. The summed E-state index contributed by atoms with van der Waals surface area (Å²) in [4.78, 5) is 34.1. The van der Waals surface area contributed by atoms with Crippen molar-refractivity contribution in [3.8, 4) is 5.75 Å². The summed E-state index contributed by atoms with van der Waals surface area (Å²) in [5.41, 5.74) is 4.58. The molecule has 0 aliphatic carbocycles. The minimum Gasteiger partial charge on any atom is -0.497 e. The number of rotatable bonds is 4. The van der Waals surface area contributed by atoms with Crippen LogP contribution in [0, 0.1) is 0 Å². The number of furan rings is 1. The molecule has 1 fully saturated rings. The van der Waals surface area contributed by atoms with Gasteiger partial charge in [0.05, 0.1) is 13.4 Å². The lowest BCUT2D eigenvalue weighted by atomic mass is 9.88. The molecular formula is C29H29N3O4. The Labute approximate surface area is 209 Å². The van der Waals surface area contributed by atoms with Gasteiger partial charge in [0, 0.05) is 43.2 Å². The van der Waals surface area contributed by atoms with Crippen LogP contribution < -0.4 is 4.74 Å². The zero-order valence-electron chi connectivity index (χ0n) is 20.3. The van der Waals surface area contributed by atoms with Crippen molar-refractivity contribution in [1.29, 1.82) is 0 Å². The second-order valence-corrected chi connectivity index (χ2v) is 9.65. The number of hydrogen-bond acceptors (Lipinski definition) is 4. The molecule has 36 heavy (non-hydrogen) atoms. The van der Waals surface area contributed by atoms with E-state index in [0.29, 0.717) is 32.0 Å². The van der Waals surface area contributed by atoms with E-state index >= 15 is 0 Å². The lowest BCUT2D eigenvalue weighted by Gasteiger charge is -2.40. The van der Waals surface area contributed by atoms with E-state index in [-0.39, 0.29) is 17.6 Å². The van der Waals surface area contributed by atoms with Gasteiger partial charge in [0.25, 0.3) is 5.91 Å². The molecule has 1 saturated heterocycles. The maximum atomic E-state index is 13.8. The van der Waals surface area contributed by atoms with Gasteiger partial charge < -0.3 is 23.9 Å². The van der Waals surface area contributed by atoms with E-state index in [1.807, 2.05) is 35.2 Å². The number of nitrogens with zero attached hydrogens (tertiary/aromatic N) is 2. The van der Waals surface area contributed by atoms with E-state index in [1.165, 1.54) is 17.2 Å². The maximum Gasteiger partial charge on any atom is 0.290 e. The van der Waals surface area contributed by atoms with Crippen LogP contribution in [0.3, 0.4) is 0 Å². The van der Waals surface area contributed by atoms with Crippen LogP contribution in [0.2, 0.25) is 0 Å². The third-order valence-corrected chi connectivity index (χ3v) is 7.69. The summed E-state index contributed by atoms with van der Waals surface area (Å²) in [6.45, 7) is 1.74. The summed E-state index contributed by atoms with van der Waals surface area (Å²) in [7, 11) is 1.68. The molecule has 2 amide bonds. The van der Waals surface area contributed by atoms with Gasteiger partial charge in [-0.3, -0.25) is 9.59 Å². The van der Waals surface area contributed by atoms with Gasteiger partial charge in [0.15, 0.2) is 5.76 Å². The molecule has 1 unspecified atom stereocenters. The first-order valence-electron chi connectivity index (χ1n) is 12.5. The van der Waals surface area contributed by atoms with Crippen LogP contribution in [-0.4, -0.2) is 52.8 Å². The first kappa shape index (κ1) is 22.5. The van der Waals surface area contributed by atoms with E-state index in [9.17, 15) is 9.59 Å². The molecule has 0 spiro atoms. The maximum absolute atomic E-state index is 13.8. The number of fused-ring (bicyclic) bond motifs is 2. The first-order valence-corrected chi connectivity index (χ1v) is 12.5. The Kier molecular flexibility index (Phi) is 5.76. The largest absolute Gasteiger partial charge is 0.497 e. The average molecular weight is 484 g/mol. The number of carbonyl (C=O) groups excluding carboxylic acids is 2. The second kappa shape index (κ2) is 9.22. The quantitative estimate of drug-likeness (QED) is 0.455. The normalized spacial score (nSPS) is 18.3. The lowest BCUT2D eigenvalue weighted by Crippen LogP contribution is -2.54. The highest BCUT2D eigenvalue weighted by Gasteiger charge is 2.39. The molecule has 4 heterocycles. The summed E-state index contributed by atoms with van der Waals surface area (Å²) in [6.07, 6.45) is 5.86. The molecule has 0 bridgehead atoms. The van der Waals surface area contributed by atoms with Gasteiger partial charge in [-0.1, -0.05) is 24.3 Å². The number of carbonyl (C=O) groups is 2. The predicted octanol–water partition coefficient (Wildman–Crippen LogP) is 4.74. The van der Waals surface area contributed by atoms with E-state index < -0.39 is 6.04 Å². The molecule has 184 valence electrons. The summed E-state index contributed by atoms with van der Waals surface area (Å²) >= 11 is 0. The first-order chi connectivity index (χ1) is 17.6. The van der Waals surface area contributed by atoms with Crippen molar-refractivity contribution < 1.29 is 18.7 Å². The highest BCUT2D eigenvalue weighted by atomic mass is 16.5. The monoisotopic (exact) mass is 483 g/mol. The molecule has 2 aliphatic rings. The number of H-pyrrole nitrogens is 1. The van der Waals surface area contributed by atoms with E-state index in [2.05, 4.69) is 23.3 Å². The molecule has 0 radical (unpaired) electrons. The number of piperidine rings is 1. The molecule has 4 aromatic rings. The Hall–Kier alpha value is -4.00. The molecule has 2 aromatic carbocycles. The average Bonchev–Trinajstić information content (AvgIpc) is 3.62. The van der Waals surface area contributed by atoms with Crippen LogP contribution in [0.1, 0.15) is 46.0 Å². The second-order valence-electron chi connectivity index (χ2n) is 9.65. The van der Waals surface area contributed by atoms with Crippen LogP contribution in [0.25, 0.3) is 10.9 Å². The minimum atomic E-state index is -0.536. The Morgan fingerprint density at radius 3 is 2.58 bits per heavy atom. The van der Waals surface area contributed by atoms with Crippen molar-refractivity contribution in [3.05, 3.63) is 89.5 Å². The number of methoxy groups -OCH3 is 1. The van der Waals surface area contributed by atoms with Gasteiger partial charge >= 0.3 is 0 Å².